The Morgan fingerprint density at radius 3 is 2.25 bits per heavy atom. The molecule has 2 rings (SSSR count). The fourth-order valence-electron chi connectivity index (χ4n) is 2.62. The first-order chi connectivity index (χ1) is 9.47. The van der Waals surface area contributed by atoms with Crippen molar-refractivity contribution in [3.63, 3.8) is 0 Å². The van der Waals surface area contributed by atoms with Gasteiger partial charge in [0.1, 0.15) is 11.4 Å². The standard InChI is InChI=1S/C15H18ClNO3/c1-10-5-4-6-11(2)13(10)17(12(18)9-16)15(7-8-15)14(19)20-3/h4-6H,7-9H2,1-3H3. The van der Waals surface area contributed by atoms with Gasteiger partial charge in [0.2, 0.25) is 5.91 Å². The number of aryl methyl sites for hydroxylation is 2. The molecule has 0 aromatic heterocycles. The quantitative estimate of drug-likeness (QED) is 0.633. The largest absolute Gasteiger partial charge is 0.467 e. The summed E-state index contributed by atoms with van der Waals surface area (Å²) in [5.41, 5.74) is 1.77. The number of hydrogen-bond donors (Lipinski definition) is 0. The molecule has 4 nitrogen and oxygen atoms in total. The number of ether oxygens (including phenoxy) is 1. The van der Waals surface area contributed by atoms with E-state index in [0.717, 1.165) is 16.8 Å². The van der Waals surface area contributed by atoms with Crippen molar-refractivity contribution in [3.8, 4) is 0 Å². The van der Waals surface area contributed by atoms with Gasteiger partial charge in [-0.2, -0.15) is 0 Å². The lowest BCUT2D eigenvalue weighted by Crippen LogP contribution is -2.49. The zero-order valence-electron chi connectivity index (χ0n) is 11.9. The van der Waals surface area contributed by atoms with Gasteiger partial charge in [0.05, 0.1) is 12.8 Å². The van der Waals surface area contributed by atoms with Crippen LogP contribution in [0, 0.1) is 13.8 Å². The Kier molecular flexibility index (Phi) is 4.04. The Morgan fingerprint density at radius 1 is 1.30 bits per heavy atom. The molecule has 0 aliphatic heterocycles. The molecule has 0 spiro atoms. The van der Waals surface area contributed by atoms with E-state index in [2.05, 4.69) is 0 Å². The Bertz CT molecular complexity index is 532. The first-order valence-corrected chi connectivity index (χ1v) is 7.05. The van der Waals surface area contributed by atoms with Gasteiger partial charge in [-0.15, -0.1) is 11.6 Å². The van der Waals surface area contributed by atoms with Crippen molar-refractivity contribution in [2.24, 2.45) is 0 Å². The molecular weight excluding hydrogens is 278 g/mol. The van der Waals surface area contributed by atoms with E-state index >= 15 is 0 Å². The number of carbonyl (C=O) groups is 2. The summed E-state index contributed by atoms with van der Waals surface area (Å²) < 4.78 is 4.88. The van der Waals surface area contributed by atoms with Gasteiger partial charge in [-0.25, -0.2) is 4.79 Å². The SMILES string of the molecule is COC(=O)C1(N(C(=O)CCl)c2c(C)cccc2C)CC1. The van der Waals surface area contributed by atoms with Crippen LogP contribution in [0.2, 0.25) is 0 Å². The molecule has 1 aliphatic rings. The van der Waals surface area contributed by atoms with Gasteiger partial charge in [-0.05, 0) is 37.8 Å². The van der Waals surface area contributed by atoms with Crippen molar-refractivity contribution in [1.82, 2.24) is 0 Å². The van der Waals surface area contributed by atoms with E-state index < -0.39 is 5.54 Å². The summed E-state index contributed by atoms with van der Waals surface area (Å²) in [6.07, 6.45) is 1.21. The van der Waals surface area contributed by atoms with E-state index in [9.17, 15) is 9.59 Å². The lowest BCUT2D eigenvalue weighted by molar-refractivity contribution is -0.144. The summed E-state index contributed by atoms with van der Waals surface area (Å²) >= 11 is 5.74. The molecule has 20 heavy (non-hydrogen) atoms. The number of hydrogen-bond acceptors (Lipinski definition) is 3. The summed E-state index contributed by atoms with van der Waals surface area (Å²) in [5, 5.41) is 0. The highest BCUT2D eigenvalue weighted by Gasteiger charge is 2.58. The maximum Gasteiger partial charge on any atom is 0.332 e. The van der Waals surface area contributed by atoms with E-state index in [1.165, 1.54) is 12.0 Å². The van der Waals surface area contributed by atoms with Crippen LogP contribution in [0.4, 0.5) is 5.69 Å². The van der Waals surface area contributed by atoms with Crippen LogP contribution >= 0.6 is 11.6 Å². The molecule has 0 saturated heterocycles. The summed E-state index contributed by atoms with van der Waals surface area (Å²) in [6, 6.07) is 5.77. The zero-order chi connectivity index (χ0) is 14.9. The van der Waals surface area contributed by atoms with Crippen LogP contribution < -0.4 is 4.90 Å². The average Bonchev–Trinajstić information content (AvgIpc) is 3.22. The molecule has 108 valence electrons. The maximum absolute atomic E-state index is 12.3. The monoisotopic (exact) mass is 295 g/mol. The van der Waals surface area contributed by atoms with Crippen molar-refractivity contribution in [3.05, 3.63) is 29.3 Å². The maximum atomic E-state index is 12.3. The third kappa shape index (κ3) is 2.29. The second kappa shape index (κ2) is 5.44. The molecule has 1 fully saturated rings. The second-order valence-electron chi connectivity index (χ2n) is 5.13. The molecule has 0 atom stereocenters. The minimum absolute atomic E-state index is 0.160. The molecule has 1 amide bonds. The first-order valence-electron chi connectivity index (χ1n) is 6.51. The first kappa shape index (κ1) is 14.9. The van der Waals surface area contributed by atoms with Gasteiger partial charge in [-0.3, -0.25) is 9.69 Å². The minimum atomic E-state index is -0.877. The summed E-state index contributed by atoms with van der Waals surface area (Å²) in [6.45, 7) is 3.84. The Labute approximate surface area is 123 Å². The van der Waals surface area contributed by atoms with Crippen molar-refractivity contribution in [2.75, 3.05) is 17.9 Å². The predicted molar refractivity (Wildman–Crippen MR) is 78.1 cm³/mol. The highest BCUT2D eigenvalue weighted by atomic mass is 35.5. The van der Waals surface area contributed by atoms with Crippen molar-refractivity contribution < 1.29 is 14.3 Å². The number of methoxy groups -OCH3 is 1. The van der Waals surface area contributed by atoms with E-state index in [-0.39, 0.29) is 17.8 Å². The van der Waals surface area contributed by atoms with Gasteiger partial charge >= 0.3 is 5.97 Å². The number of benzene rings is 1. The highest BCUT2D eigenvalue weighted by Crippen LogP contribution is 2.47. The number of alkyl halides is 1. The van der Waals surface area contributed by atoms with Gasteiger partial charge < -0.3 is 4.74 Å². The van der Waals surface area contributed by atoms with Gasteiger partial charge in [0.15, 0.2) is 0 Å². The van der Waals surface area contributed by atoms with Gasteiger partial charge in [0.25, 0.3) is 0 Å². The average molecular weight is 296 g/mol. The lowest BCUT2D eigenvalue weighted by atomic mass is 10.0. The highest BCUT2D eigenvalue weighted by molar-refractivity contribution is 6.30. The molecule has 1 aromatic carbocycles. The number of carbonyl (C=O) groups excluding carboxylic acids is 2. The van der Waals surface area contributed by atoms with E-state index in [0.29, 0.717) is 12.8 Å². The van der Waals surface area contributed by atoms with E-state index in [4.69, 9.17) is 16.3 Å². The number of esters is 1. The summed E-state index contributed by atoms with van der Waals surface area (Å²) in [4.78, 5) is 25.9. The molecule has 1 aliphatic carbocycles. The third-order valence-corrected chi connectivity index (χ3v) is 3.97. The molecule has 1 saturated carbocycles. The number of anilines is 1. The minimum Gasteiger partial charge on any atom is -0.467 e. The number of para-hydroxylation sites is 1. The summed E-state index contributed by atoms with van der Waals surface area (Å²) in [7, 11) is 1.34. The fourth-order valence-corrected chi connectivity index (χ4v) is 2.74. The number of rotatable bonds is 4. The Morgan fingerprint density at radius 2 is 1.85 bits per heavy atom. The number of amides is 1. The molecule has 0 heterocycles. The van der Waals surface area contributed by atoms with E-state index in [1.54, 1.807) is 0 Å². The van der Waals surface area contributed by atoms with Crippen molar-refractivity contribution >= 4 is 29.2 Å². The molecule has 5 heteroatoms. The Hall–Kier alpha value is -1.55. The zero-order valence-corrected chi connectivity index (χ0v) is 12.7. The summed E-state index contributed by atoms with van der Waals surface area (Å²) in [5.74, 6) is -0.808. The van der Waals surface area contributed by atoms with Crippen LogP contribution in [-0.2, 0) is 14.3 Å². The lowest BCUT2D eigenvalue weighted by Gasteiger charge is -2.32. The molecule has 0 radical (unpaired) electrons. The van der Waals surface area contributed by atoms with Crippen LogP contribution in [0.15, 0.2) is 18.2 Å². The molecule has 1 aromatic rings. The molecule has 0 N–H and O–H groups in total. The molecule has 0 unspecified atom stereocenters. The van der Waals surface area contributed by atoms with Crippen molar-refractivity contribution in [1.29, 1.82) is 0 Å². The van der Waals surface area contributed by atoms with Crippen LogP contribution in [0.1, 0.15) is 24.0 Å². The van der Waals surface area contributed by atoms with Crippen LogP contribution in [-0.4, -0.2) is 30.4 Å². The van der Waals surface area contributed by atoms with Crippen LogP contribution in [0.5, 0.6) is 0 Å². The smallest absolute Gasteiger partial charge is 0.332 e. The van der Waals surface area contributed by atoms with Crippen LogP contribution in [0.3, 0.4) is 0 Å². The topological polar surface area (TPSA) is 46.6 Å². The third-order valence-electron chi connectivity index (χ3n) is 3.74. The predicted octanol–water partition coefficient (Wildman–Crippen LogP) is 2.58. The van der Waals surface area contributed by atoms with Crippen molar-refractivity contribution in [2.45, 2.75) is 32.2 Å². The Balaban J connectivity index is 2.55. The molecule has 0 bridgehead atoms. The van der Waals surface area contributed by atoms with E-state index in [1.807, 2.05) is 32.0 Å². The second-order valence-corrected chi connectivity index (χ2v) is 5.39. The van der Waals surface area contributed by atoms with Gasteiger partial charge in [-0.1, -0.05) is 18.2 Å². The fraction of sp³-hybridized carbons (Fsp3) is 0.467. The molecular formula is C15H18ClNO3. The number of halogens is 1. The number of nitrogens with zero attached hydrogens (tertiary/aromatic N) is 1. The van der Waals surface area contributed by atoms with Crippen LogP contribution in [0.25, 0.3) is 0 Å². The normalized spacial score (nSPS) is 15.6. The van der Waals surface area contributed by atoms with Gasteiger partial charge in [0, 0.05) is 0 Å².